The molecule has 4 heteroatoms. The Kier molecular flexibility index (Phi) is 3.50. The van der Waals surface area contributed by atoms with Gasteiger partial charge in [-0.15, -0.1) is 0 Å². The third-order valence-electron chi connectivity index (χ3n) is 1.54. The second-order valence-electron chi connectivity index (χ2n) is 2.51. The molecule has 12 heavy (non-hydrogen) atoms. The minimum absolute atomic E-state index is 0.451. The third kappa shape index (κ3) is 2.19. The number of aliphatic hydroxyl groups excluding tert-OH is 1. The molecular weight excluding hydrogens is 241 g/mol. The Bertz CT molecular complexity index is 280. The van der Waals surface area contributed by atoms with E-state index in [1.54, 1.807) is 6.07 Å². The van der Waals surface area contributed by atoms with Crippen molar-refractivity contribution in [2.24, 2.45) is 0 Å². The fourth-order valence-corrected chi connectivity index (χ4v) is 1.27. The average Bonchev–Trinajstić information content (AvgIpc) is 2.08. The van der Waals surface area contributed by atoms with Crippen molar-refractivity contribution < 1.29 is 5.11 Å². The summed E-state index contributed by atoms with van der Waals surface area (Å²) in [5.74, 6) is 0. The second-order valence-corrected chi connectivity index (χ2v) is 3.52. The SMILES string of the molecule is Cc1ccc(C(O)CBr)nc1Cl. The van der Waals surface area contributed by atoms with Gasteiger partial charge in [-0.05, 0) is 18.6 Å². The minimum atomic E-state index is -0.580. The van der Waals surface area contributed by atoms with E-state index in [1.165, 1.54) is 0 Å². The molecule has 0 aliphatic carbocycles. The predicted octanol–water partition coefficient (Wildman–Crippen LogP) is 2.47. The summed E-state index contributed by atoms with van der Waals surface area (Å²) in [6, 6.07) is 3.61. The van der Waals surface area contributed by atoms with Gasteiger partial charge in [0.25, 0.3) is 0 Å². The second kappa shape index (κ2) is 4.21. The van der Waals surface area contributed by atoms with Crippen molar-refractivity contribution in [2.45, 2.75) is 13.0 Å². The topological polar surface area (TPSA) is 33.1 Å². The molecule has 1 rings (SSSR count). The van der Waals surface area contributed by atoms with E-state index in [0.717, 1.165) is 5.56 Å². The van der Waals surface area contributed by atoms with Crippen molar-refractivity contribution in [3.63, 3.8) is 0 Å². The lowest BCUT2D eigenvalue weighted by atomic mass is 10.2. The van der Waals surface area contributed by atoms with E-state index in [4.69, 9.17) is 11.6 Å². The summed E-state index contributed by atoms with van der Waals surface area (Å²) in [5, 5.41) is 10.3. The average molecular weight is 251 g/mol. The lowest BCUT2D eigenvalue weighted by Gasteiger charge is -2.06. The van der Waals surface area contributed by atoms with Crippen molar-refractivity contribution in [3.8, 4) is 0 Å². The zero-order chi connectivity index (χ0) is 9.14. The van der Waals surface area contributed by atoms with Crippen LogP contribution in [0.25, 0.3) is 0 Å². The van der Waals surface area contributed by atoms with Crippen molar-refractivity contribution in [3.05, 3.63) is 28.5 Å². The molecule has 2 nitrogen and oxygen atoms in total. The van der Waals surface area contributed by atoms with Crippen LogP contribution in [0.15, 0.2) is 12.1 Å². The van der Waals surface area contributed by atoms with Gasteiger partial charge in [0, 0.05) is 5.33 Å². The lowest BCUT2D eigenvalue weighted by Crippen LogP contribution is -2.01. The molecule has 0 bridgehead atoms. The van der Waals surface area contributed by atoms with Crippen LogP contribution in [0.4, 0.5) is 0 Å². The molecule has 1 atom stereocenters. The van der Waals surface area contributed by atoms with E-state index < -0.39 is 6.10 Å². The van der Waals surface area contributed by atoms with Crippen LogP contribution in [0.3, 0.4) is 0 Å². The zero-order valence-electron chi connectivity index (χ0n) is 6.59. The van der Waals surface area contributed by atoms with Crippen LogP contribution >= 0.6 is 27.5 Å². The zero-order valence-corrected chi connectivity index (χ0v) is 8.93. The van der Waals surface area contributed by atoms with Gasteiger partial charge in [-0.1, -0.05) is 33.6 Å². The number of hydrogen-bond acceptors (Lipinski definition) is 2. The summed E-state index contributed by atoms with van der Waals surface area (Å²) in [4.78, 5) is 4.03. The molecule has 0 spiro atoms. The number of halogens is 2. The normalized spacial score (nSPS) is 13.0. The highest BCUT2D eigenvalue weighted by Crippen LogP contribution is 2.18. The Labute approximate surface area is 84.7 Å². The number of aromatic nitrogens is 1. The van der Waals surface area contributed by atoms with Gasteiger partial charge in [0.1, 0.15) is 11.3 Å². The smallest absolute Gasteiger partial charge is 0.132 e. The van der Waals surface area contributed by atoms with Crippen LogP contribution < -0.4 is 0 Å². The highest BCUT2D eigenvalue weighted by atomic mass is 79.9. The number of aliphatic hydroxyl groups is 1. The van der Waals surface area contributed by atoms with Crippen LogP contribution in [0.1, 0.15) is 17.4 Å². The molecular formula is C8H9BrClNO. The summed E-state index contributed by atoms with van der Waals surface area (Å²) < 4.78 is 0. The Morgan fingerprint density at radius 1 is 1.67 bits per heavy atom. The number of alkyl halides is 1. The first-order valence-corrected chi connectivity index (χ1v) is 5.02. The predicted molar refractivity (Wildman–Crippen MR) is 52.7 cm³/mol. The molecule has 1 unspecified atom stereocenters. The maximum atomic E-state index is 9.38. The number of nitrogens with zero attached hydrogens (tertiary/aromatic N) is 1. The van der Waals surface area contributed by atoms with Gasteiger partial charge in [0.2, 0.25) is 0 Å². The summed E-state index contributed by atoms with van der Waals surface area (Å²) in [6.45, 7) is 1.87. The van der Waals surface area contributed by atoms with Gasteiger partial charge in [-0.25, -0.2) is 4.98 Å². The fraction of sp³-hybridized carbons (Fsp3) is 0.375. The van der Waals surface area contributed by atoms with Gasteiger partial charge in [-0.3, -0.25) is 0 Å². The maximum absolute atomic E-state index is 9.38. The molecule has 0 aromatic carbocycles. The van der Waals surface area contributed by atoms with E-state index in [-0.39, 0.29) is 0 Å². The lowest BCUT2D eigenvalue weighted by molar-refractivity contribution is 0.200. The first kappa shape index (κ1) is 9.96. The fourth-order valence-electron chi connectivity index (χ4n) is 0.783. The summed E-state index contributed by atoms with van der Waals surface area (Å²) in [7, 11) is 0. The standard InChI is InChI=1S/C8H9BrClNO/c1-5-2-3-6(7(12)4-9)11-8(5)10/h2-3,7,12H,4H2,1H3. The Hall–Kier alpha value is -0.120. The molecule has 0 radical (unpaired) electrons. The first-order chi connectivity index (χ1) is 5.65. The highest BCUT2D eigenvalue weighted by molar-refractivity contribution is 9.09. The number of hydrogen-bond donors (Lipinski definition) is 1. The van der Waals surface area contributed by atoms with Crippen molar-refractivity contribution in [1.29, 1.82) is 0 Å². The first-order valence-electron chi connectivity index (χ1n) is 3.52. The van der Waals surface area contributed by atoms with Crippen molar-refractivity contribution in [2.75, 3.05) is 5.33 Å². The van der Waals surface area contributed by atoms with E-state index in [0.29, 0.717) is 16.2 Å². The van der Waals surface area contributed by atoms with E-state index in [1.807, 2.05) is 13.0 Å². The molecule has 1 aromatic heterocycles. The van der Waals surface area contributed by atoms with Crippen LogP contribution in [0.5, 0.6) is 0 Å². The van der Waals surface area contributed by atoms with Gasteiger partial charge >= 0.3 is 0 Å². The Morgan fingerprint density at radius 3 is 2.83 bits per heavy atom. The molecule has 0 saturated heterocycles. The van der Waals surface area contributed by atoms with Crippen LogP contribution in [0.2, 0.25) is 5.15 Å². The minimum Gasteiger partial charge on any atom is -0.386 e. The summed E-state index contributed by atoms with van der Waals surface area (Å²) in [6.07, 6.45) is -0.580. The number of aryl methyl sites for hydroxylation is 1. The maximum Gasteiger partial charge on any atom is 0.132 e. The van der Waals surface area contributed by atoms with Crippen LogP contribution in [0, 0.1) is 6.92 Å². The molecule has 0 aliphatic rings. The van der Waals surface area contributed by atoms with Crippen LogP contribution in [-0.4, -0.2) is 15.4 Å². The molecule has 1 aromatic rings. The van der Waals surface area contributed by atoms with E-state index in [2.05, 4.69) is 20.9 Å². The Morgan fingerprint density at radius 2 is 2.33 bits per heavy atom. The third-order valence-corrected chi connectivity index (χ3v) is 2.54. The largest absolute Gasteiger partial charge is 0.386 e. The molecule has 0 amide bonds. The van der Waals surface area contributed by atoms with Crippen LogP contribution in [-0.2, 0) is 0 Å². The van der Waals surface area contributed by atoms with Gasteiger partial charge in [0.05, 0.1) is 5.69 Å². The van der Waals surface area contributed by atoms with E-state index in [9.17, 15) is 5.11 Å². The molecule has 1 heterocycles. The molecule has 1 N–H and O–H groups in total. The molecule has 66 valence electrons. The quantitative estimate of drug-likeness (QED) is 0.646. The van der Waals surface area contributed by atoms with Gasteiger partial charge < -0.3 is 5.11 Å². The summed E-state index contributed by atoms with van der Waals surface area (Å²) in [5.41, 5.74) is 1.52. The Balaban J connectivity index is 2.96. The summed E-state index contributed by atoms with van der Waals surface area (Å²) >= 11 is 8.94. The number of rotatable bonds is 2. The van der Waals surface area contributed by atoms with Gasteiger partial charge in [-0.2, -0.15) is 0 Å². The highest BCUT2D eigenvalue weighted by Gasteiger charge is 2.08. The molecule has 0 aliphatic heterocycles. The van der Waals surface area contributed by atoms with E-state index >= 15 is 0 Å². The number of pyridine rings is 1. The monoisotopic (exact) mass is 249 g/mol. The van der Waals surface area contributed by atoms with Gasteiger partial charge in [0.15, 0.2) is 0 Å². The van der Waals surface area contributed by atoms with Crippen molar-refractivity contribution in [1.82, 2.24) is 4.98 Å². The van der Waals surface area contributed by atoms with Crippen molar-refractivity contribution >= 4 is 27.5 Å². The molecule has 0 saturated carbocycles. The molecule has 0 fully saturated rings.